The first-order valence-corrected chi connectivity index (χ1v) is 7.91. The molecule has 0 aliphatic heterocycles. The van der Waals surface area contributed by atoms with Gasteiger partial charge in [-0.05, 0) is 38.6 Å². The molecule has 1 atom stereocenters. The molecule has 0 saturated heterocycles. The molecule has 1 amide bonds. The van der Waals surface area contributed by atoms with E-state index in [4.69, 9.17) is 15.9 Å². The molecule has 0 bridgehead atoms. The molecule has 8 heteroatoms. The molecule has 0 aromatic heterocycles. The number of carboxylic acids is 2. The molecular weight excluding hydrogens is 311 g/mol. The minimum absolute atomic E-state index is 0. The summed E-state index contributed by atoms with van der Waals surface area (Å²) in [5.74, 6) is -2.04. The molecule has 23 heavy (non-hydrogen) atoms. The average Bonchev–Trinajstić information content (AvgIpc) is 2.44. The monoisotopic (exact) mass is 340 g/mol. The number of rotatable bonds is 14. The number of unbranched alkanes of at least 4 members (excludes halogenated alkanes) is 5. The molecule has 0 unspecified atom stereocenters. The van der Waals surface area contributed by atoms with Crippen molar-refractivity contribution >= 4 is 47.4 Å². The van der Waals surface area contributed by atoms with Gasteiger partial charge in [0.2, 0.25) is 5.91 Å². The zero-order valence-corrected chi connectivity index (χ0v) is 13.1. The van der Waals surface area contributed by atoms with Crippen LogP contribution in [-0.4, -0.2) is 70.2 Å². The van der Waals surface area contributed by atoms with Crippen molar-refractivity contribution in [1.82, 2.24) is 5.32 Å². The van der Waals surface area contributed by atoms with Gasteiger partial charge in [0.25, 0.3) is 0 Å². The molecule has 7 nitrogen and oxygen atoms in total. The molecule has 0 aliphatic rings. The number of carbonyl (C=O) groups is 3. The number of nitrogens with one attached hydrogen (secondary N) is 1. The van der Waals surface area contributed by atoms with Crippen molar-refractivity contribution in [2.24, 2.45) is 5.73 Å². The molecule has 0 rings (SSSR count). The third-order valence-corrected chi connectivity index (χ3v) is 3.37. The third-order valence-electron chi connectivity index (χ3n) is 3.37. The Morgan fingerprint density at radius 3 is 1.96 bits per heavy atom. The molecule has 0 aromatic carbocycles. The van der Waals surface area contributed by atoms with Crippen molar-refractivity contribution in [2.45, 2.75) is 70.3 Å². The summed E-state index contributed by atoms with van der Waals surface area (Å²) in [4.78, 5) is 33.1. The molecule has 0 saturated carbocycles. The van der Waals surface area contributed by atoms with E-state index in [0.29, 0.717) is 38.6 Å². The van der Waals surface area contributed by atoms with Gasteiger partial charge in [0.05, 0.1) is 0 Å². The van der Waals surface area contributed by atoms with Gasteiger partial charge in [-0.25, -0.2) is 4.79 Å². The predicted molar refractivity (Wildman–Crippen MR) is 89.6 cm³/mol. The summed E-state index contributed by atoms with van der Waals surface area (Å²) in [6, 6.07) is -0.838. The SMILES string of the molecule is NCCCC[C@H](NC(=O)CCCCCCCC(=O)O)C(=O)O.[NaH]. The van der Waals surface area contributed by atoms with E-state index in [1.165, 1.54) is 0 Å². The number of carbonyl (C=O) groups excluding carboxylic acids is 1. The summed E-state index contributed by atoms with van der Waals surface area (Å²) in [5, 5.41) is 20.1. The van der Waals surface area contributed by atoms with Crippen molar-refractivity contribution < 1.29 is 24.6 Å². The molecule has 0 radical (unpaired) electrons. The normalized spacial score (nSPS) is 11.3. The van der Waals surface area contributed by atoms with Crippen LogP contribution in [0.1, 0.15) is 64.2 Å². The number of hydrogen-bond donors (Lipinski definition) is 4. The van der Waals surface area contributed by atoms with Crippen LogP contribution in [-0.2, 0) is 14.4 Å². The zero-order valence-electron chi connectivity index (χ0n) is 13.1. The van der Waals surface area contributed by atoms with Crippen molar-refractivity contribution in [1.29, 1.82) is 0 Å². The fourth-order valence-electron chi connectivity index (χ4n) is 2.11. The molecule has 0 aromatic rings. The Hall–Kier alpha value is -0.630. The Balaban J connectivity index is 0. The van der Waals surface area contributed by atoms with Gasteiger partial charge in [-0.2, -0.15) is 0 Å². The summed E-state index contributed by atoms with van der Waals surface area (Å²) in [6.07, 6.45) is 6.23. The fourth-order valence-corrected chi connectivity index (χ4v) is 2.11. The van der Waals surface area contributed by atoms with Crippen molar-refractivity contribution in [3.05, 3.63) is 0 Å². The Morgan fingerprint density at radius 1 is 0.870 bits per heavy atom. The van der Waals surface area contributed by atoms with Crippen LogP contribution in [0.3, 0.4) is 0 Å². The predicted octanol–water partition coefficient (Wildman–Crippen LogP) is 0.852. The van der Waals surface area contributed by atoms with Crippen LogP contribution in [0.2, 0.25) is 0 Å². The second-order valence-electron chi connectivity index (χ2n) is 5.40. The zero-order chi connectivity index (χ0) is 16.8. The van der Waals surface area contributed by atoms with Gasteiger partial charge in [0.15, 0.2) is 0 Å². The van der Waals surface area contributed by atoms with Crippen LogP contribution < -0.4 is 11.1 Å². The first kappa shape index (κ1) is 24.6. The van der Waals surface area contributed by atoms with Crippen molar-refractivity contribution in [3.8, 4) is 0 Å². The number of carboxylic acid groups (broad SMARTS) is 2. The van der Waals surface area contributed by atoms with E-state index in [9.17, 15) is 14.4 Å². The van der Waals surface area contributed by atoms with Crippen LogP contribution in [0, 0.1) is 0 Å². The van der Waals surface area contributed by atoms with Crippen LogP contribution in [0.5, 0.6) is 0 Å². The van der Waals surface area contributed by atoms with Crippen LogP contribution >= 0.6 is 0 Å². The first-order chi connectivity index (χ1) is 10.5. The van der Waals surface area contributed by atoms with Crippen molar-refractivity contribution in [2.75, 3.05) is 6.54 Å². The van der Waals surface area contributed by atoms with E-state index in [-0.39, 0.29) is 41.9 Å². The summed E-state index contributed by atoms with van der Waals surface area (Å²) in [6.45, 7) is 0.516. The number of aliphatic carboxylic acids is 2. The summed E-state index contributed by atoms with van der Waals surface area (Å²) >= 11 is 0. The Labute approximate surface area is 159 Å². The molecule has 0 heterocycles. The number of nitrogens with two attached hydrogens (primary N) is 1. The summed E-state index contributed by atoms with van der Waals surface area (Å²) in [5.41, 5.74) is 5.36. The van der Waals surface area contributed by atoms with E-state index in [2.05, 4.69) is 5.32 Å². The summed E-state index contributed by atoms with van der Waals surface area (Å²) < 4.78 is 0. The summed E-state index contributed by atoms with van der Waals surface area (Å²) in [7, 11) is 0. The maximum absolute atomic E-state index is 11.7. The van der Waals surface area contributed by atoms with Gasteiger partial charge in [-0.3, -0.25) is 9.59 Å². The average molecular weight is 340 g/mol. The molecule has 5 N–H and O–H groups in total. The minimum atomic E-state index is -1.01. The Morgan fingerprint density at radius 2 is 1.43 bits per heavy atom. The molecular formula is C15H29N2NaO5. The molecule has 0 fully saturated rings. The second kappa shape index (κ2) is 16.2. The van der Waals surface area contributed by atoms with Gasteiger partial charge in [-0.15, -0.1) is 0 Å². The second-order valence-corrected chi connectivity index (χ2v) is 5.40. The number of amides is 1. The van der Waals surface area contributed by atoms with Crippen LogP contribution in [0.15, 0.2) is 0 Å². The third kappa shape index (κ3) is 16.0. The van der Waals surface area contributed by atoms with Crippen molar-refractivity contribution in [3.63, 3.8) is 0 Å². The Kier molecular flexibility index (Phi) is 17.4. The topological polar surface area (TPSA) is 130 Å². The van der Waals surface area contributed by atoms with E-state index >= 15 is 0 Å². The van der Waals surface area contributed by atoms with Gasteiger partial charge in [0.1, 0.15) is 6.04 Å². The fraction of sp³-hybridized carbons (Fsp3) is 0.800. The molecule has 0 aliphatic carbocycles. The van der Waals surface area contributed by atoms with E-state index < -0.39 is 18.0 Å². The number of hydrogen-bond acceptors (Lipinski definition) is 4. The molecule has 0 spiro atoms. The standard InChI is InChI=1S/C15H28N2O5.Na.H/c16-11-7-6-8-12(15(21)22)17-13(18)9-4-2-1-3-5-10-14(19)20;;/h12H,1-11,16H2,(H,17,18)(H,19,20)(H,21,22);;/t12-;;/m0../s1. The van der Waals surface area contributed by atoms with Crippen LogP contribution in [0.25, 0.3) is 0 Å². The first-order valence-electron chi connectivity index (χ1n) is 7.91. The molecule has 130 valence electrons. The van der Waals surface area contributed by atoms with Gasteiger partial charge in [-0.1, -0.05) is 19.3 Å². The quantitative estimate of drug-likeness (QED) is 0.274. The van der Waals surface area contributed by atoms with Gasteiger partial charge < -0.3 is 21.3 Å². The van der Waals surface area contributed by atoms with E-state index in [0.717, 1.165) is 25.7 Å². The van der Waals surface area contributed by atoms with E-state index in [1.54, 1.807) is 0 Å². The Bertz CT molecular complexity index is 353. The van der Waals surface area contributed by atoms with E-state index in [1.807, 2.05) is 0 Å². The van der Waals surface area contributed by atoms with Crippen LogP contribution in [0.4, 0.5) is 0 Å². The maximum atomic E-state index is 11.7. The van der Waals surface area contributed by atoms with Gasteiger partial charge in [0, 0.05) is 12.8 Å². The van der Waals surface area contributed by atoms with Gasteiger partial charge >= 0.3 is 41.5 Å².